The molecular weight excluding hydrogens is 236 g/mol. The molecule has 2 aromatic rings. The van der Waals surface area contributed by atoms with Crippen LogP contribution in [0.5, 0.6) is 0 Å². The van der Waals surface area contributed by atoms with Crippen LogP contribution in [0.15, 0.2) is 24.5 Å². The highest BCUT2D eigenvalue weighted by atomic mass is 15.2. The SMILES string of the molecule is Nc1n[nH]c(C2CCCCCC2)c1-c1cccnc1. The summed E-state index contributed by atoms with van der Waals surface area (Å²) < 4.78 is 0. The molecule has 2 aromatic heterocycles. The Morgan fingerprint density at radius 1 is 1.16 bits per heavy atom. The molecule has 19 heavy (non-hydrogen) atoms. The maximum absolute atomic E-state index is 6.05. The zero-order valence-corrected chi connectivity index (χ0v) is 11.1. The normalized spacial score (nSPS) is 17.3. The first-order chi connectivity index (χ1) is 9.36. The van der Waals surface area contributed by atoms with Gasteiger partial charge < -0.3 is 5.73 Å². The molecule has 3 N–H and O–H groups in total. The van der Waals surface area contributed by atoms with Crippen LogP contribution in [0.1, 0.15) is 50.1 Å². The molecular formula is C15H20N4. The number of nitrogens with one attached hydrogen (secondary N) is 1. The third kappa shape index (κ3) is 2.48. The van der Waals surface area contributed by atoms with E-state index >= 15 is 0 Å². The van der Waals surface area contributed by atoms with E-state index in [4.69, 9.17) is 5.73 Å². The molecule has 100 valence electrons. The third-order valence-electron chi connectivity index (χ3n) is 4.04. The number of nitrogens with zero attached hydrogens (tertiary/aromatic N) is 2. The van der Waals surface area contributed by atoms with Gasteiger partial charge in [0.1, 0.15) is 0 Å². The molecule has 1 saturated carbocycles. The predicted octanol–water partition coefficient (Wildman–Crippen LogP) is 3.49. The van der Waals surface area contributed by atoms with E-state index in [0.29, 0.717) is 11.7 Å². The zero-order valence-electron chi connectivity index (χ0n) is 11.1. The molecule has 0 bridgehead atoms. The Labute approximate surface area is 113 Å². The minimum Gasteiger partial charge on any atom is -0.382 e. The average molecular weight is 256 g/mol. The van der Waals surface area contributed by atoms with Gasteiger partial charge in [-0.2, -0.15) is 5.10 Å². The molecule has 0 amide bonds. The van der Waals surface area contributed by atoms with Gasteiger partial charge in [-0.05, 0) is 18.9 Å². The number of aromatic amines is 1. The Morgan fingerprint density at radius 3 is 2.63 bits per heavy atom. The lowest BCUT2D eigenvalue weighted by Gasteiger charge is -2.14. The van der Waals surface area contributed by atoms with Crippen LogP contribution in [-0.4, -0.2) is 15.2 Å². The van der Waals surface area contributed by atoms with Crippen LogP contribution in [0.2, 0.25) is 0 Å². The molecule has 3 rings (SSSR count). The highest BCUT2D eigenvalue weighted by molar-refractivity contribution is 5.76. The summed E-state index contributed by atoms with van der Waals surface area (Å²) in [7, 11) is 0. The van der Waals surface area contributed by atoms with Crippen LogP contribution in [0.4, 0.5) is 5.82 Å². The number of hydrogen-bond donors (Lipinski definition) is 2. The highest BCUT2D eigenvalue weighted by Gasteiger charge is 2.22. The van der Waals surface area contributed by atoms with E-state index in [9.17, 15) is 0 Å². The van der Waals surface area contributed by atoms with E-state index in [1.165, 1.54) is 44.2 Å². The van der Waals surface area contributed by atoms with Gasteiger partial charge in [0.05, 0.1) is 0 Å². The van der Waals surface area contributed by atoms with Gasteiger partial charge in [0.15, 0.2) is 5.82 Å². The molecule has 1 fully saturated rings. The zero-order chi connectivity index (χ0) is 13.1. The van der Waals surface area contributed by atoms with Crippen molar-refractivity contribution in [3.05, 3.63) is 30.2 Å². The Hall–Kier alpha value is -1.84. The summed E-state index contributed by atoms with van der Waals surface area (Å²) in [5.74, 6) is 1.15. The van der Waals surface area contributed by atoms with Crippen LogP contribution in [0.3, 0.4) is 0 Å². The Bertz CT molecular complexity index is 524. The Morgan fingerprint density at radius 2 is 1.95 bits per heavy atom. The first kappa shape index (κ1) is 12.2. The second-order valence-corrected chi connectivity index (χ2v) is 5.33. The van der Waals surface area contributed by atoms with Crippen LogP contribution in [0, 0.1) is 0 Å². The highest BCUT2D eigenvalue weighted by Crippen LogP contribution is 2.38. The summed E-state index contributed by atoms with van der Waals surface area (Å²) in [6.07, 6.45) is 11.4. The van der Waals surface area contributed by atoms with Crippen molar-refractivity contribution in [1.82, 2.24) is 15.2 Å². The summed E-state index contributed by atoms with van der Waals surface area (Å²) in [5.41, 5.74) is 9.37. The van der Waals surface area contributed by atoms with Crippen LogP contribution < -0.4 is 5.73 Å². The molecule has 0 aliphatic heterocycles. The van der Waals surface area contributed by atoms with Crippen molar-refractivity contribution in [3.63, 3.8) is 0 Å². The summed E-state index contributed by atoms with van der Waals surface area (Å²) in [6.45, 7) is 0. The van der Waals surface area contributed by atoms with Crippen molar-refractivity contribution in [2.75, 3.05) is 5.73 Å². The van der Waals surface area contributed by atoms with Crippen molar-refractivity contribution < 1.29 is 0 Å². The van der Waals surface area contributed by atoms with Crippen molar-refractivity contribution in [3.8, 4) is 11.1 Å². The first-order valence-corrected chi connectivity index (χ1v) is 7.10. The number of hydrogen-bond acceptors (Lipinski definition) is 3. The van der Waals surface area contributed by atoms with Gasteiger partial charge in [0, 0.05) is 35.1 Å². The average Bonchev–Trinajstić information content (AvgIpc) is 2.67. The maximum Gasteiger partial charge on any atom is 0.153 e. The number of rotatable bonds is 2. The van der Waals surface area contributed by atoms with Gasteiger partial charge in [-0.25, -0.2) is 0 Å². The van der Waals surface area contributed by atoms with Crippen molar-refractivity contribution in [1.29, 1.82) is 0 Å². The molecule has 0 unspecified atom stereocenters. The van der Waals surface area contributed by atoms with E-state index < -0.39 is 0 Å². The molecule has 0 aromatic carbocycles. The number of nitrogen functional groups attached to an aromatic ring is 1. The summed E-state index contributed by atoms with van der Waals surface area (Å²) in [5, 5.41) is 7.39. The third-order valence-corrected chi connectivity index (χ3v) is 4.04. The molecule has 0 atom stereocenters. The fraction of sp³-hybridized carbons (Fsp3) is 0.467. The molecule has 0 saturated heterocycles. The lowest BCUT2D eigenvalue weighted by atomic mass is 9.91. The minimum absolute atomic E-state index is 0.558. The standard InChI is InChI=1S/C15H20N4/c16-15-13(12-8-5-9-17-10-12)14(18-19-15)11-6-3-1-2-4-7-11/h5,8-11H,1-4,6-7H2,(H3,16,18,19). The Kier molecular flexibility index (Phi) is 3.49. The molecule has 2 heterocycles. The lowest BCUT2D eigenvalue weighted by Crippen LogP contribution is -2.00. The van der Waals surface area contributed by atoms with Crippen molar-refractivity contribution >= 4 is 5.82 Å². The molecule has 4 nitrogen and oxygen atoms in total. The summed E-state index contributed by atoms with van der Waals surface area (Å²) in [4.78, 5) is 4.19. The summed E-state index contributed by atoms with van der Waals surface area (Å²) >= 11 is 0. The fourth-order valence-corrected chi connectivity index (χ4v) is 3.05. The number of H-pyrrole nitrogens is 1. The smallest absolute Gasteiger partial charge is 0.153 e. The van der Waals surface area contributed by atoms with Gasteiger partial charge in [0.25, 0.3) is 0 Å². The monoisotopic (exact) mass is 256 g/mol. The van der Waals surface area contributed by atoms with Crippen LogP contribution >= 0.6 is 0 Å². The van der Waals surface area contributed by atoms with E-state index in [2.05, 4.69) is 21.2 Å². The second-order valence-electron chi connectivity index (χ2n) is 5.33. The van der Waals surface area contributed by atoms with Crippen molar-refractivity contribution in [2.24, 2.45) is 0 Å². The topological polar surface area (TPSA) is 67.6 Å². The van der Waals surface area contributed by atoms with Crippen LogP contribution in [-0.2, 0) is 0 Å². The van der Waals surface area contributed by atoms with Gasteiger partial charge in [-0.1, -0.05) is 31.7 Å². The number of pyridine rings is 1. The van der Waals surface area contributed by atoms with Gasteiger partial charge in [0.2, 0.25) is 0 Å². The fourth-order valence-electron chi connectivity index (χ4n) is 3.05. The quantitative estimate of drug-likeness (QED) is 0.808. The molecule has 4 heteroatoms. The molecule has 1 aliphatic rings. The lowest BCUT2D eigenvalue weighted by molar-refractivity contribution is 0.577. The second kappa shape index (κ2) is 5.43. The number of aromatic nitrogens is 3. The largest absolute Gasteiger partial charge is 0.382 e. The minimum atomic E-state index is 0.558. The van der Waals surface area contributed by atoms with E-state index in [0.717, 1.165) is 11.1 Å². The molecule has 0 radical (unpaired) electrons. The van der Waals surface area contributed by atoms with E-state index in [-0.39, 0.29) is 0 Å². The van der Waals surface area contributed by atoms with Crippen LogP contribution in [0.25, 0.3) is 11.1 Å². The molecule has 0 spiro atoms. The summed E-state index contributed by atoms with van der Waals surface area (Å²) in [6, 6.07) is 3.99. The Balaban J connectivity index is 1.98. The maximum atomic E-state index is 6.05. The predicted molar refractivity (Wildman–Crippen MR) is 76.7 cm³/mol. The van der Waals surface area contributed by atoms with E-state index in [1.54, 1.807) is 6.20 Å². The number of anilines is 1. The van der Waals surface area contributed by atoms with Gasteiger partial charge >= 0.3 is 0 Å². The molecule has 1 aliphatic carbocycles. The number of nitrogens with two attached hydrogens (primary N) is 1. The first-order valence-electron chi connectivity index (χ1n) is 7.10. The van der Waals surface area contributed by atoms with Gasteiger partial charge in [-0.3, -0.25) is 10.1 Å². The van der Waals surface area contributed by atoms with Crippen molar-refractivity contribution in [2.45, 2.75) is 44.4 Å². The van der Waals surface area contributed by atoms with E-state index in [1.807, 2.05) is 12.3 Å². The van der Waals surface area contributed by atoms with Gasteiger partial charge in [-0.15, -0.1) is 0 Å².